The van der Waals surface area contributed by atoms with Crippen molar-refractivity contribution >= 4 is 0 Å². The van der Waals surface area contributed by atoms with E-state index >= 15 is 0 Å². The molecule has 1 saturated carbocycles. The van der Waals surface area contributed by atoms with Crippen LogP contribution in [0.15, 0.2) is 23.8 Å². The molecule has 5 rings (SSSR count). The molecule has 1 aliphatic heterocycles. The summed E-state index contributed by atoms with van der Waals surface area (Å²) in [6.07, 6.45) is 9.02. The van der Waals surface area contributed by atoms with Crippen molar-refractivity contribution in [2.75, 3.05) is 13.2 Å². The van der Waals surface area contributed by atoms with Gasteiger partial charge in [-0.15, -0.1) is 0 Å². The van der Waals surface area contributed by atoms with Gasteiger partial charge in [-0.25, -0.2) is 0 Å². The topological polar surface area (TPSA) is 38.7 Å². The van der Waals surface area contributed by atoms with Gasteiger partial charge in [-0.3, -0.25) is 0 Å². The lowest BCUT2D eigenvalue weighted by Crippen LogP contribution is -2.62. The highest BCUT2D eigenvalue weighted by molar-refractivity contribution is 5.32. The van der Waals surface area contributed by atoms with Crippen LogP contribution >= 0.6 is 0 Å². The molecule has 5 aliphatic rings. The summed E-state index contributed by atoms with van der Waals surface area (Å²) in [4.78, 5) is 0. The Morgan fingerprint density at radius 2 is 2.11 bits per heavy atom. The first-order chi connectivity index (χ1) is 8.67. The second kappa shape index (κ2) is 3.47. The van der Waals surface area contributed by atoms with Gasteiger partial charge >= 0.3 is 0 Å². The fourth-order valence-electron chi connectivity index (χ4n) is 4.67. The Bertz CT molecular complexity index is 433. The molecule has 1 heterocycles. The van der Waals surface area contributed by atoms with E-state index in [9.17, 15) is 5.11 Å². The Labute approximate surface area is 107 Å². The Morgan fingerprint density at radius 3 is 2.89 bits per heavy atom. The van der Waals surface area contributed by atoms with Crippen molar-refractivity contribution < 1.29 is 14.6 Å². The first kappa shape index (κ1) is 11.2. The van der Waals surface area contributed by atoms with Gasteiger partial charge in [0.05, 0.1) is 24.7 Å². The fraction of sp³-hybridized carbons (Fsp3) is 0.733. The second-order valence-electron chi connectivity index (χ2n) is 6.24. The molecule has 0 radical (unpaired) electrons. The quantitative estimate of drug-likeness (QED) is 0.667. The van der Waals surface area contributed by atoms with Gasteiger partial charge in [0.1, 0.15) is 0 Å². The summed E-state index contributed by atoms with van der Waals surface area (Å²) in [5.74, 6) is 0.297. The van der Waals surface area contributed by atoms with Crippen LogP contribution in [-0.2, 0) is 9.47 Å². The fourth-order valence-corrected chi connectivity index (χ4v) is 4.67. The molecule has 0 aromatic heterocycles. The minimum absolute atomic E-state index is 0.142. The zero-order chi connectivity index (χ0) is 12.4. The van der Waals surface area contributed by atoms with Gasteiger partial charge in [-0.1, -0.05) is 23.8 Å². The molecule has 0 amide bonds. The molecule has 3 heteroatoms. The van der Waals surface area contributed by atoms with Crippen LogP contribution in [0.3, 0.4) is 0 Å². The summed E-state index contributed by atoms with van der Waals surface area (Å²) in [5, 5.41) is 10.3. The molecule has 0 aromatic rings. The monoisotopic (exact) mass is 248 g/mol. The summed E-state index contributed by atoms with van der Waals surface area (Å²) in [5.41, 5.74) is 1.31. The molecule has 18 heavy (non-hydrogen) atoms. The lowest BCUT2D eigenvalue weighted by Gasteiger charge is -2.60. The van der Waals surface area contributed by atoms with E-state index in [2.05, 4.69) is 19.1 Å². The minimum Gasteiger partial charge on any atom is -0.389 e. The molecule has 2 fully saturated rings. The van der Waals surface area contributed by atoms with Crippen molar-refractivity contribution in [3.8, 4) is 0 Å². The molecule has 1 N–H and O–H groups in total. The predicted octanol–water partition coefficient (Wildman–Crippen LogP) is 2.02. The molecule has 3 nitrogen and oxygen atoms in total. The molecule has 2 bridgehead atoms. The van der Waals surface area contributed by atoms with Crippen LogP contribution in [0, 0.1) is 17.3 Å². The SMILES string of the molecule is CC1=C[C@@]23CC=C[C@H](O)[C@H]2C[C@@H]1CC31OCCO1. The van der Waals surface area contributed by atoms with Gasteiger partial charge in [0.2, 0.25) is 0 Å². The van der Waals surface area contributed by atoms with Crippen LogP contribution in [0.1, 0.15) is 26.2 Å². The van der Waals surface area contributed by atoms with Crippen molar-refractivity contribution in [1.29, 1.82) is 0 Å². The minimum atomic E-state index is -0.466. The summed E-state index contributed by atoms with van der Waals surface area (Å²) >= 11 is 0. The normalized spacial score (nSPS) is 48.3. The lowest BCUT2D eigenvalue weighted by molar-refractivity contribution is -0.278. The maximum atomic E-state index is 10.3. The van der Waals surface area contributed by atoms with Crippen LogP contribution < -0.4 is 0 Å². The standard InChI is InChI=1S/C15H20O3/c1-10-8-14-4-2-3-13(16)12(14)7-11(10)9-15(14)17-5-6-18-15/h2-3,8,11-13,16H,4-7,9H2,1H3/t11-,12-,13+,14+/m1/s1. The van der Waals surface area contributed by atoms with Crippen LogP contribution in [0.25, 0.3) is 0 Å². The van der Waals surface area contributed by atoms with Crippen molar-refractivity contribution in [3.63, 3.8) is 0 Å². The molecule has 0 unspecified atom stereocenters. The Balaban J connectivity index is 1.88. The number of allylic oxidation sites excluding steroid dienone is 2. The summed E-state index contributed by atoms with van der Waals surface area (Å²) in [6.45, 7) is 3.59. The highest BCUT2D eigenvalue weighted by Crippen LogP contribution is 2.64. The third-order valence-electron chi connectivity index (χ3n) is 5.51. The van der Waals surface area contributed by atoms with Crippen molar-refractivity contribution in [3.05, 3.63) is 23.8 Å². The predicted molar refractivity (Wildman–Crippen MR) is 66.8 cm³/mol. The molecule has 2 spiro atoms. The zero-order valence-electron chi connectivity index (χ0n) is 10.8. The van der Waals surface area contributed by atoms with Gasteiger partial charge in [0.15, 0.2) is 5.79 Å². The maximum absolute atomic E-state index is 10.3. The lowest BCUT2D eigenvalue weighted by atomic mass is 9.49. The van der Waals surface area contributed by atoms with E-state index in [-0.39, 0.29) is 17.4 Å². The van der Waals surface area contributed by atoms with E-state index in [1.165, 1.54) is 5.57 Å². The van der Waals surface area contributed by atoms with E-state index in [1.54, 1.807) is 0 Å². The summed E-state index contributed by atoms with van der Waals surface area (Å²) < 4.78 is 12.1. The number of rotatable bonds is 0. The average Bonchev–Trinajstić information content (AvgIpc) is 2.80. The van der Waals surface area contributed by atoms with Crippen molar-refractivity contribution in [1.82, 2.24) is 0 Å². The molecular formula is C15H20O3. The number of ether oxygens (including phenoxy) is 2. The Morgan fingerprint density at radius 1 is 1.33 bits per heavy atom. The molecule has 98 valence electrons. The van der Waals surface area contributed by atoms with Gasteiger partial charge in [-0.05, 0) is 25.7 Å². The van der Waals surface area contributed by atoms with Gasteiger partial charge < -0.3 is 14.6 Å². The Kier molecular flexibility index (Phi) is 2.16. The first-order valence-electron chi connectivity index (χ1n) is 6.99. The molecule has 4 atom stereocenters. The third-order valence-corrected chi connectivity index (χ3v) is 5.51. The summed E-state index contributed by atoms with van der Waals surface area (Å²) in [7, 11) is 0. The van der Waals surface area contributed by atoms with Gasteiger partial charge in [-0.2, -0.15) is 0 Å². The van der Waals surface area contributed by atoms with E-state index in [1.807, 2.05) is 6.08 Å². The number of aliphatic hydroxyl groups excluding tert-OH is 1. The molecule has 4 aliphatic carbocycles. The largest absolute Gasteiger partial charge is 0.389 e. The second-order valence-corrected chi connectivity index (χ2v) is 6.24. The Hall–Kier alpha value is -0.640. The average molecular weight is 248 g/mol. The first-order valence-corrected chi connectivity index (χ1v) is 6.99. The maximum Gasteiger partial charge on any atom is 0.178 e. The zero-order valence-corrected chi connectivity index (χ0v) is 10.8. The smallest absolute Gasteiger partial charge is 0.178 e. The molecular weight excluding hydrogens is 228 g/mol. The van der Waals surface area contributed by atoms with E-state index < -0.39 is 5.79 Å². The summed E-state index contributed by atoms with van der Waals surface area (Å²) in [6, 6.07) is 0. The number of hydrogen-bond donors (Lipinski definition) is 1. The number of hydrogen-bond acceptors (Lipinski definition) is 3. The molecule has 0 aromatic carbocycles. The van der Waals surface area contributed by atoms with Crippen LogP contribution in [0.5, 0.6) is 0 Å². The van der Waals surface area contributed by atoms with Gasteiger partial charge in [0.25, 0.3) is 0 Å². The highest BCUT2D eigenvalue weighted by atomic mass is 16.7. The molecule has 1 saturated heterocycles. The highest BCUT2D eigenvalue weighted by Gasteiger charge is 2.66. The third kappa shape index (κ3) is 1.16. The van der Waals surface area contributed by atoms with E-state index in [0.29, 0.717) is 19.1 Å². The van der Waals surface area contributed by atoms with E-state index in [0.717, 1.165) is 19.3 Å². The van der Waals surface area contributed by atoms with Crippen LogP contribution in [0.2, 0.25) is 0 Å². The van der Waals surface area contributed by atoms with Crippen LogP contribution in [-0.4, -0.2) is 30.2 Å². The van der Waals surface area contributed by atoms with E-state index in [4.69, 9.17) is 9.47 Å². The van der Waals surface area contributed by atoms with Crippen molar-refractivity contribution in [2.45, 2.75) is 38.1 Å². The van der Waals surface area contributed by atoms with Crippen LogP contribution in [0.4, 0.5) is 0 Å². The number of aliphatic hydroxyl groups is 1. The van der Waals surface area contributed by atoms with Gasteiger partial charge in [0, 0.05) is 12.3 Å². The van der Waals surface area contributed by atoms with Crippen molar-refractivity contribution in [2.24, 2.45) is 17.3 Å².